The van der Waals surface area contributed by atoms with Crippen LogP contribution in [0.2, 0.25) is 0 Å². The summed E-state index contributed by atoms with van der Waals surface area (Å²) >= 11 is 0. The molecule has 0 aliphatic heterocycles. The Morgan fingerprint density at radius 1 is 1.69 bits per heavy atom. The van der Waals surface area contributed by atoms with E-state index in [0.717, 1.165) is 24.1 Å². The SMILES string of the molecule is CCC1CCCc2cc(=O)[nH]nc21. The van der Waals surface area contributed by atoms with E-state index in [-0.39, 0.29) is 5.56 Å². The zero-order chi connectivity index (χ0) is 9.26. The van der Waals surface area contributed by atoms with Crippen LogP contribution in [0.5, 0.6) is 0 Å². The first-order valence-corrected chi connectivity index (χ1v) is 4.89. The van der Waals surface area contributed by atoms with Crippen LogP contribution in [-0.4, -0.2) is 10.2 Å². The summed E-state index contributed by atoms with van der Waals surface area (Å²) in [5, 5.41) is 6.65. The number of nitrogens with one attached hydrogen (secondary N) is 1. The molecule has 3 nitrogen and oxygen atoms in total. The molecule has 0 bridgehead atoms. The number of aryl methyl sites for hydroxylation is 1. The molecule has 0 radical (unpaired) electrons. The highest BCUT2D eigenvalue weighted by atomic mass is 16.1. The molecule has 0 spiro atoms. The lowest BCUT2D eigenvalue weighted by molar-refractivity contribution is 0.516. The van der Waals surface area contributed by atoms with Gasteiger partial charge in [0.2, 0.25) is 0 Å². The topological polar surface area (TPSA) is 45.8 Å². The second kappa shape index (κ2) is 3.32. The van der Waals surface area contributed by atoms with Crippen molar-refractivity contribution in [1.29, 1.82) is 0 Å². The van der Waals surface area contributed by atoms with Crippen molar-refractivity contribution in [2.24, 2.45) is 0 Å². The van der Waals surface area contributed by atoms with Gasteiger partial charge in [-0.3, -0.25) is 4.79 Å². The second-order valence-corrected chi connectivity index (χ2v) is 3.64. The van der Waals surface area contributed by atoms with Crippen molar-refractivity contribution in [2.45, 2.75) is 38.5 Å². The zero-order valence-corrected chi connectivity index (χ0v) is 7.84. The van der Waals surface area contributed by atoms with Crippen LogP contribution in [-0.2, 0) is 6.42 Å². The minimum absolute atomic E-state index is 0.0736. The molecular weight excluding hydrogens is 164 g/mol. The Balaban J connectivity index is 2.46. The number of H-pyrrole nitrogens is 1. The highest BCUT2D eigenvalue weighted by Crippen LogP contribution is 2.30. The van der Waals surface area contributed by atoms with Gasteiger partial charge < -0.3 is 0 Å². The third kappa shape index (κ3) is 1.50. The molecule has 1 aromatic rings. The molecular formula is C10H14N2O. The summed E-state index contributed by atoms with van der Waals surface area (Å²) in [5.74, 6) is 0.556. The van der Waals surface area contributed by atoms with Gasteiger partial charge >= 0.3 is 0 Å². The first-order valence-electron chi connectivity index (χ1n) is 4.89. The third-order valence-corrected chi connectivity index (χ3v) is 2.80. The summed E-state index contributed by atoms with van der Waals surface area (Å²) < 4.78 is 0. The number of hydrogen-bond acceptors (Lipinski definition) is 2. The fourth-order valence-electron chi connectivity index (χ4n) is 2.08. The van der Waals surface area contributed by atoms with E-state index in [1.165, 1.54) is 12.8 Å². The monoisotopic (exact) mass is 178 g/mol. The molecule has 1 aromatic heterocycles. The standard InChI is InChI=1S/C10H14N2O/c1-2-7-4-3-5-8-6-9(13)11-12-10(7)8/h6-7H,2-5H2,1H3,(H,11,13). The van der Waals surface area contributed by atoms with E-state index in [0.29, 0.717) is 5.92 Å². The van der Waals surface area contributed by atoms with Gasteiger partial charge in [0.05, 0.1) is 5.69 Å². The number of aromatic amines is 1. The van der Waals surface area contributed by atoms with Crippen LogP contribution in [0.15, 0.2) is 10.9 Å². The molecule has 1 unspecified atom stereocenters. The lowest BCUT2D eigenvalue weighted by atomic mass is 9.85. The molecule has 13 heavy (non-hydrogen) atoms. The minimum Gasteiger partial charge on any atom is -0.268 e. The van der Waals surface area contributed by atoms with Crippen LogP contribution in [0, 0.1) is 0 Å². The van der Waals surface area contributed by atoms with Crippen LogP contribution in [0.1, 0.15) is 43.4 Å². The molecule has 1 aliphatic rings. The van der Waals surface area contributed by atoms with Crippen LogP contribution in [0.25, 0.3) is 0 Å². The first-order chi connectivity index (χ1) is 6.31. The predicted molar refractivity (Wildman–Crippen MR) is 50.8 cm³/mol. The van der Waals surface area contributed by atoms with Crippen LogP contribution in [0.3, 0.4) is 0 Å². The van der Waals surface area contributed by atoms with Gasteiger partial charge in [0.1, 0.15) is 0 Å². The normalized spacial score (nSPS) is 21.2. The maximum Gasteiger partial charge on any atom is 0.264 e. The molecule has 1 aliphatic carbocycles. The first kappa shape index (κ1) is 8.48. The number of rotatable bonds is 1. The predicted octanol–water partition coefficient (Wildman–Crippen LogP) is 1.60. The van der Waals surface area contributed by atoms with Crippen molar-refractivity contribution >= 4 is 0 Å². The lowest BCUT2D eigenvalue weighted by Crippen LogP contribution is -2.18. The Kier molecular flexibility index (Phi) is 2.17. The number of hydrogen-bond donors (Lipinski definition) is 1. The summed E-state index contributed by atoms with van der Waals surface area (Å²) in [6, 6.07) is 1.70. The van der Waals surface area contributed by atoms with E-state index >= 15 is 0 Å². The Labute approximate surface area is 77.2 Å². The van der Waals surface area contributed by atoms with Crippen LogP contribution >= 0.6 is 0 Å². The van der Waals surface area contributed by atoms with Gasteiger partial charge in [-0.05, 0) is 31.2 Å². The van der Waals surface area contributed by atoms with Gasteiger partial charge in [-0.25, -0.2) is 5.10 Å². The van der Waals surface area contributed by atoms with Crippen molar-refractivity contribution in [3.8, 4) is 0 Å². The smallest absolute Gasteiger partial charge is 0.264 e. The second-order valence-electron chi connectivity index (χ2n) is 3.64. The van der Waals surface area contributed by atoms with E-state index in [1.807, 2.05) is 0 Å². The largest absolute Gasteiger partial charge is 0.268 e. The maximum absolute atomic E-state index is 11.0. The highest BCUT2D eigenvalue weighted by molar-refractivity contribution is 5.23. The third-order valence-electron chi connectivity index (χ3n) is 2.80. The lowest BCUT2D eigenvalue weighted by Gasteiger charge is -2.21. The Bertz CT molecular complexity index is 356. The quantitative estimate of drug-likeness (QED) is 0.710. The summed E-state index contributed by atoms with van der Waals surface area (Å²) in [5.41, 5.74) is 2.20. The number of aromatic nitrogens is 2. The zero-order valence-electron chi connectivity index (χ0n) is 7.84. The van der Waals surface area contributed by atoms with Crippen molar-refractivity contribution in [1.82, 2.24) is 10.2 Å². The number of fused-ring (bicyclic) bond motifs is 1. The van der Waals surface area contributed by atoms with Gasteiger partial charge in [0.25, 0.3) is 5.56 Å². The van der Waals surface area contributed by atoms with E-state index in [1.54, 1.807) is 6.07 Å². The molecule has 1 atom stereocenters. The van der Waals surface area contributed by atoms with Gasteiger partial charge in [0, 0.05) is 12.0 Å². The van der Waals surface area contributed by atoms with Crippen molar-refractivity contribution in [2.75, 3.05) is 0 Å². The molecule has 70 valence electrons. The summed E-state index contributed by atoms with van der Waals surface area (Å²) in [7, 11) is 0. The van der Waals surface area contributed by atoms with E-state index in [4.69, 9.17) is 0 Å². The van der Waals surface area contributed by atoms with Crippen molar-refractivity contribution in [3.63, 3.8) is 0 Å². The summed E-state index contributed by atoms with van der Waals surface area (Å²) in [6.07, 6.45) is 4.54. The molecule has 0 saturated heterocycles. The summed E-state index contributed by atoms with van der Waals surface area (Å²) in [4.78, 5) is 11.0. The molecule has 1 N–H and O–H groups in total. The van der Waals surface area contributed by atoms with E-state index in [2.05, 4.69) is 17.1 Å². The fraction of sp³-hybridized carbons (Fsp3) is 0.600. The van der Waals surface area contributed by atoms with E-state index < -0.39 is 0 Å². The van der Waals surface area contributed by atoms with Gasteiger partial charge in [0.15, 0.2) is 0 Å². The van der Waals surface area contributed by atoms with Crippen LogP contribution < -0.4 is 5.56 Å². The Morgan fingerprint density at radius 3 is 3.31 bits per heavy atom. The molecule has 1 heterocycles. The fourth-order valence-corrected chi connectivity index (χ4v) is 2.08. The van der Waals surface area contributed by atoms with Crippen LogP contribution in [0.4, 0.5) is 0 Å². The minimum atomic E-state index is -0.0736. The van der Waals surface area contributed by atoms with Crippen molar-refractivity contribution in [3.05, 3.63) is 27.7 Å². The number of nitrogens with zero attached hydrogens (tertiary/aromatic N) is 1. The molecule has 0 saturated carbocycles. The molecule has 0 amide bonds. The van der Waals surface area contributed by atoms with Gasteiger partial charge in [-0.15, -0.1) is 0 Å². The van der Waals surface area contributed by atoms with Gasteiger partial charge in [-0.2, -0.15) is 5.10 Å². The Morgan fingerprint density at radius 2 is 2.54 bits per heavy atom. The molecule has 0 aromatic carbocycles. The molecule has 2 rings (SSSR count). The Hall–Kier alpha value is -1.12. The van der Waals surface area contributed by atoms with Crippen molar-refractivity contribution < 1.29 is 0 Å². The molecule has 0 fully saturated rings. The average Bonchev–Trinajstić information content (AvgIpc) is 2.16. The van der Waals surface area contributed by atoms with Gasteiger partial charge in [-0.1, -0.05) is 6.92 Å². The van der Waals surface area contributed by atoms with E-state index in [9.17, 15) is 4.79 Å². The highest BCUT2D eigenvalue weighted by Gasteiger charge is 2.20. The average molecular weight is 178 g/mol. The summed E-state index contributed by atoms with van der Waals surface area (Å²) in [6.45, 7) is 2.17. The maximum atomic E-state index is 11.0. The molecule has 3 heteroatoms.